The number of alkyl halides is 3. The van der Waals surface area contributed by atoms with E-state index in [2.05, 4.69) is 4.74 Å². The minimum atomic E-state index is -5.10. The number of hydrogen-bond donors (Lipinski definition) is 1. The molecule has 4 rings (SSSR count). The molecule has 0 aromatic heterocycles. The summed E-state index contributed by atoms with van der Waals surface area (Å²) in [7, 11) is 1.47. The summed E-state index contributed by atoms with van der Waals surface area (Å²) in [6, 6.07) is 4.93. The molecule has 2 heterocycles. The van der Waals surface area contributed by atoms with Crippen LogP contribution in [0.5, 0.6) is 17.2 Å². The summed E-state index contributed by atoms with van der Waals surface area (Å²) in [5, 5.41) is 8.68. The number of halogens is 4. The molecule has 240 valence electrons. The molecular weight excluding hydrogens is 586 g/mol. The standard InChI is InChI=1S/C31H37F4N3O6/c1-7-42-23-13-18-14-38(28(36)24(18)25(32)27(23)43-8-2)16-22(39)17-11-20(30(3,4)5)26(41-6)21(12-17)37-10-9-19(15-37)44-29(40)31(33,34)35/h11-13,19,36H,7-10,14-16H2,1-6H3. The lowest BCUT2D eigenvalue weighted by Crippen LogP contribution is -2.32. The molecule has 9 nitrogen and oxygen atoms in total. The van der Waals surface area contributed by atoms with E-state index in [1.807, 2.05) is 20.8 Å². The fourth-order valence-electron chi connectivity index (χ4n) is 5.47. The van der Waals surface area contributed by atoms with Crippen molar-refractivity contribution in [3.63, 3.8) is 0 Å². The molecule has 0 aliphatic carbocycles. The van der Waals surface area contributed by atoms with Gasteiger partial charge in [-0.3, -0.25) is 10.2 Å². The predicted molar refractivity (Wildman–Crippen MR) is 155 cm³/mol. The van der Waals surface area contributed by atoms with Gasteiger partial charge in [-0.2, -0.15) is 13.2 Å². The Morgan fingerprint density at radius 2 is 1.73 bits per heavy atom. The molecule has 1 saturated heterocycles. The van der Waals surface area contributed by atoms with Gasteiger partial charge in [-0.05, 0) is 43.0 Å². The normalized spacial score (nSPS) is 16.7. The van der Waals surface area contributed by atoms with E-state index in [4.69, 9.17) is 19.6 Å². The molecule has 0 spiro atoms. The number of fused-ring (bicyclic) bond motifs is 1. The van der Waals surface area contributed by atoms with E-state index < -0.39 is 29.5 Å². The van der Waals surface area contributed by atoms with Crippen molar-refractivity contribution in [1.29, 1.82) is 5.41 Å². The van der Waals surface area contributed by atoms with Gasteiger partial charge in [0.15, 0.2) is 23.1 Å². The summed E-state index contributed by atoms with van der Waals surface area (Å²) < 4.78 is 75.3. The average Bonchev–Trinajstić information content (AvgIpc) is 3.53. The van der Waals surface area contributed by atoms with Gasteiger partial charge in [0.05, 0.1) is 44.7 Å². The van der Waals surface area contributed by atoms with E-state index in [0.29, 0.717) is 22.6 Å². The molecule has 0 radical (unpaired) electrons. The average molecular weight is 624 g/mol. The number of nitrogens with zero attached hydrogens (tertiary/aromatic N) is 2. The number of esters is 1. The van der Waals surface area contributed by atoms with E-state index >= 15 is 4.39 Å². The fraction of sp³-hybridized carbons (Fsp3) is 0.516. The number of anilines is 1. The van der Waals surface area contributed by atoms with Crippen LogP contribution in [-0.4, -0.2) is 74.7 Å². The first-order valence-corrected chi connectivity index (χ1v) is 14.3. The van der Waals surface area contributed by atoms with Crippen molar-refractivity contribution >= 4 is 23.3 Å². The zero-order chi connectivity index (χ0) is 32.6. The van der Waals surface area contributed by atoms with Crippen molar-refractivity contribution in [2.24, 2.45) is 0 Å². The van der Waals surface area contributed by atoms with Crippen LogP contribution in [0.2, 0.25) is 0 Å². The molecule has 1 N–H and O–H groups in total. The van der Waals surface area contributed by atoms with Gasteiger partial charge < -0.3 is 28.7 Å². The van der Waals surface area contributed by atoms with Gasteiger partial charge in [0.25, 0.3) is 0 Å². The maximum atomic E-state index is 15.5. The molecule has 2 aromatic rings. The summed E-state index contributed by atoms with van der Waals surface area (Å²) in [4.78, 5) is 28.4. The predicted octanol–water partition coefficient (Wildman–Crippen LogP) is 5.64. The quantitative estimate of drug-likeness (QED) is 0.206. The van der Waals surface area contributed by atoms with Gasteiger partial charge in [0.1, 0.15) is 17.7 Å². The lowest BCUT2D eigenvalue weighted by atomic mass is 9.84. The van der Waals surface area contributed by atoms with Crippen LogP contribution >= 0.6 is 0 Å². The number of hydrogen-bond acceptors (Lipinski definition) is 8. The number of carbonyl (C=O) groups excluding carboxylic acids is 2. The SMILES string of the molecule is CCOc1cc2c(c(F)c1OCC)C(=N)N(CC(=O)c1cc(N3CCC(OC(=O)C(F)(F)F)C3)c(OC)c(C(C)(C)C)c1)C2. The Balaban J connectivity index is 1.64. The van der Waals surface area contributed by atoms with Crippen LogP contribution in [0, 0.1) is 11.2 Å². The number of benzene rings is 2. The number of ketones is 1. The van der Waals surface area contributed by atoms with Crippen molar-refractivity contribution in [3.05, 3.63) is 46.3 Å². The molecule has 2 aliphatic rings. The van der Waals surface area contributed by atoms with Crippen LogP contribution in [0.4, 0.5) is 23.2 Å². The van der Waals surface area contributed by atoms with Crippen molar-refractivity contribution in [2.45, 2.75) is 65.3 Å². The Morgan fingerprint density at radius 3 is 2.32 bits per heavy atom. The van der Waals surface area contributed by atoms with E-state index in [0.717, 1.165) is 0 Å². The second-order valence-corrected chi connectivity index (χ2v) is 11.6. The van der Waals surface area contributed by atoms with Crippen LogP contribution in [0.15, 0.2) is 18.2 Å². The van der Waals surface area contributed by atoms with Crippen LogP contribution in [-0.2, 0) is 21.5 Å². The summed E-state index contributed by atoms with van der Waals surface area (Å²) in [5.74, 6) is -2.88. The van der Waals surface area contributed by atoms with E-state index in [-0.39, 0.29) is 80.1 Å². The number of methoxy groups -OCH3 is 1. The van der Waals surface area contributed by atoms with E-state index in [1.165, 1.54) is 12.0 Å². The molecule has 2 aliphatic heterocycles. The zero-order valence-electron chi connectivity index (χ0n) is 25.6. The van der Waals surface area contributed by atoms with Gasteiger partial charge in [0.2, 0.25) is 0 Å². The van der Waals surface area contributed by atoms with Crippen LogP contribution < -0.4 is 19.1 Å². The molecule has 0 saturated carbocycles. The lowest BCUT2D eigenvalue weighted by Gasteiger charge is -2.29. The Bertz CT molecular complexity index is 1450. The van der Waals surface area contributed by atoms with E-state index in [1.54, 1.807) is 36.9 Å². The summed E-state index contributed by atoms with van der Waals surface area (Å²) >= 11 is 0. The largest absolute Gasteiger partial charge is 0.494 e. The summed E-state index contributed by atoms with van der Waals surface area (Å²) in [6.07, 6.45) is -5.93. The number of nitrogens with one attached hydrogen (secondary N) is 1. The molecule has 1 unspecified atom stereocenters. The minimum Gasteiger partial charge on any atom is -0.494 e. The highest BCUT2D eigenvalue weighted by molar-refractivity contribution is 6.06. The van der Waals surface area contributed by atoms with Crippen molar-refractivity contribution < 1.29 is 46.1 Å². The zero-order valence-corrected chi connectivity index (χ0v) is 25.6. The first-order chi connectivity index (χ1) is 20.6. The highest BCUT2D eigenvalue weighted by atomic mass is 19.4. The molecule has 0 amide bonds. The third-order valence-electron chi connectivity index (χ3n) is 7.50. The van der Waals surface area contributed by atoms with Gasteiger partial charge in [-0.1, -0.05) is 20.8 Å². The first kappa shape index (κ1) is 32.9. The number of rotatable bonds is 10. The number of Topliss-reactive ketones (excluding diaryl/α,β-unsaturated/α-hetero) is 1. The first-order valence-electron chi connectivity index (χ1n) is 14.3. The number of amidine groups is 1. The lowest BCUT2D eigenvalue weighted by molar-refractivity contribution is -0.203. The third-order valence-corrected chi connectivity index (χ3v) is 7.50. The Labute approximate surface area is 253 Å². The highest BCUT2D eigenvalue weighted by Crippen LogP contribution is 2.42. The Morgan fingerprint density at radius 1 is 1.05 bits per heavy atom. The van der Waals surface area contributed by atoms with Crippen molar-refractivity contribution in [3.8, 4) is 17.2 Å². The fourth-order valence-corrected chi connectivity index (χ4v) is 5.47. The van der Waals surface area contributed by atoms with Crippen molar-refractivity contribution in [2.75, 3.05) is 44.9 Å². The van der Waals surface area contributed by atoms with Crippen LogP contribution in [0.1, 0.15) is 68.1 Å². The van der Waals surface area contributed by atoms with Gasteiger partial charge in [-0.25, -0.2) is 9.18 Å². The summed E-state index contributed by atoms with van der Waals surface area (Å²) in [6.45, 7) is 9.88. The maximum absolute atomic E-state index is 15.5. The molecule has 2 aromatic carbocycles. The Hall–Kier alpha value is -4.03. The molecule has 1 atom stereocenters. The minimum absolute atomic E-state index is 0.0188. The highest BCUT2D eigenvalue weighted by Gasteiger charge is 2.43. The maximum Gasteiger partial charge on any atom is 0.490 e. The molecule has 0 bridgehead atoms. The van der Waals surface area contributed by atoms with Crippen molar-refractivity contribution in [1.82, 2.24) is 4.90 Å². The Kier molecular flexibility index (Phi) is 9.36. The molecular formula is C31H37F4N3O6. The topological polar surface area (TPSA) is 101 Å². The summed E-state index contributed by atoms with van der Waals surface area (Å²) in [5.41, 5.74) is 1.49. The second-order valence-electron chi connectivity index (χ2n) is 11.6. The van der Waals surface area contributed by atoms with Crippen LogP contribution in [0.3, 0.4) is 0 Å². The monoisotopic (exact) mass is 623 g/mol. The number of ether oxygens (including phenoxy) is 4. The smallest absolute Gasteiger partial charge is 0.490 e. The van der Waals surface area contributed by atoms with Gasteiger partial charge >= 0.3 is 12.1 Å². The van der Waals surface area contributed by atoms with Crippen LogP contribution in [0.25, 0.3) is 0 Å². The second kappa shape index (κ2) is 12.5. The molecule has 1 fully saturated rings. The van der Waals surface area contributed by atoms with Gasteiger partial charge in [-0.15, -0.1) is 0 Å². The third kappa shape index (κ3) is 6.56. The molecule has 13 heteroatoms. The molecule has 44 heavy (non-hydrogen) atoms. The van der Waals surface area contributed by atoms with E-state index in [9.17, 15) is 22.8 Å². The van der Waals surface area contributed by atoms with Gasteiger partial charge in [0, 0.05) is 30.6 Å². The number of carbonyl (C=O) groups is 2.